The normalized spacial score (nSPS) is 7.71. The SMILES string of the molecule is CC=C[C]=O.C[SiH3]. The molecule has 0 N–H and O–H groups in total. The predicted molar refractivity (Wildman–Crippen MR) is 36.3 cm³/mol. The van der Waals surface area contributed by atoms with Crippen molar-refractivity contribution in [3.63, 3.8) is 0 Å². The monoisotopic (exact) mass is 115 g/mol. The van der Waals surface area contributed by atoms with Crippen molar-refractivity contribution >= 4 is 16.5 Å². The molecule has 0 amide bonds. The van der Waals surface area contributed by atoms with Crippen LogP contribution in [0.3, 0.4) is 0 Å². The fraction of sp³-hybridized carbons (Fsp3) is 0.400. The minimum atomic E-state index is 1.31. The van der Waals surface area contributed by atoms with Gasteiger partial charge in [0.25, 0.3) is 0 Å². The van der Waals surface area contributed by atoms with Crippen molar-refractivity contribution in [1.82, 2.24) is 0 Å². The Kier molecular flexibility index (Phi) is 24.4. The number of hydrogen-bond acceptors (Lipinski definition) is 1. The van der Waals surface area contributed by atoms with Crippen molar-refractivity contribution in [2.24, 2.45) is 0 Å². The molecule has 0 heterocycles. The molecule has 2 heteroatoms. The zero-order chi connectivity index (χ0) is 6.12. The number of hydrogen-bond donors (Lipinski definition) is 0. The van der Waals surface area contributed by atoms with Crippen molar-refractivity contribution in [2.45, 2.75) is 13.5 Å². The van der Waals surface area contributed by atoms with Crippen molar-refractivity contribution < 1.29 is 4.79 Å². The lowest BCUT2D eigenvalue weighted by atomic mass is 10.6. The van der Waals surface area contributed by atoms with E-state index in [4.69, 9.17) is 0 Å². The first-order valence-corrected chi connectivity index (χ1v) is 4.40. The Morgan fingerprint density at radius 1 is 1.57 bits per heavy atom. The van der Waals surface area contributed by atoms with E-state index in [9.17, 15) is 4.79 Å². The summed E-state index contributed by atoms with van der Waals surface area (Å²) in [7, 11) is 1.31. The van der Waals surface area contributed by atoms with Crippen LogP contribution in [0.4, 0.5) is 0 Å². The number of carbonyl (C=O) groups excluding carboxylic acids is 1. The summed E-state index contributed by atoms with van der Waals surface area (Å²) in [5.74, 6) is 0. The molecule has 0 unspecified atom stereocenters. The first kappa shape index (κ1) is 9.80. The standard InChI is InChI=1S/C4H5O.CH6Si/c1-2-3-4-5;1-2/h2-3H,1H3;1-2H3. The van der Waals surface area contributed by atoms with Gasteiger partial charge in [0.15, 0.2) is 0 Å². The summed E-state index contributed by atoms with van der Waals surface area (Å²) in [6, 6.07) is 0. The minimum absolute atomic E-state index is 1.31. The quantitative estimate of drug-likeness (QED) is 0.349. The molecule has 1 nitrogen and oxygen atoms in total. The molecule has 0 aromatic carbocycles. The van der Waals surface area contributed by atoms with E-state index in [0.717, 1.165) is 0 Å². The molecule has 41 valence electrons. The fourth-order valence-electron chi connectivity index (χ4n) is 0.0680. The van der Waals surface area contributed by atoms with E-state index in [1.807, 2.05) is 0 Å². The molecule has 7 heavy (non-hydrogen) atoms. The maximum atomic E-state index is 9.19. The zero-order valence-electron chi connectivity index (χ0n) is 5.06. The van der Waals surface area contributed by atoms with Crippen LogP contribution in [0.25, 0.3) is 0 Å². The average molecular weight is 115 g/mol. The molecule has 0 bridgehead atoms. The fourth-order valence-corrected chi connectivity index (χ4v) is 0.0680. The van der Waals surface area contributed by atoms with Gasteiger partial charge in [0.2, 0.25) is 6.29 Å². The topological polar surface area (TPSA) is 17.1 Å². The Bertz CT molecular complexity index is 50.0. The van der Waals surface area contributed by atoms with Crippen molar-refractivity contribution in [3.8, 4) is 0 Å². The molecule has 0 aromatic heterocycles. The number of allylic oxidation sites excluding steroid dienone is 2. The summed E-state index contributed by atoms with van der Waals surface area (Å²) in [6.07, 6.45) is 4.54. The van der Waals surface area contributed by atoms with Crippen LogP contribution < -0.4 is 0 Å². The molecule has 0 aliphatic heterocycles. The van der Waals surface area contributed by atoms with E-state index in [2.05, 4.69) is 6.55 Å². The van der Waals surface area contributed by atoms with Crippen LogP contribution in [0.5, 0.6) is 0 Å². The van der Waals surface area contributed by atoms with Gasteiger partial charge in [0, 0.05) is 0 Å². The first-order chi connectivity index (χ1) is 3.41. The van der Waals surface area contributed by atoms with Crippen LogP contribution in [-0.2, 0) is 4.79 Å². The lowest BCUT2D eigenvalue weighted by molar-refractivity contribution is 0.564. The van der Waals surface area contributed by atoms with Gasteiger partial charge in [-0.15, -0.1) is 0 Å². The van der Waals surface area contributed by atoms with Crippen LogP contribution in [0.15, 0.2) is 12.2 Å². The molecule has 0 saturated heterocycles. The van der Waals surface area contributed by atoms with Gasteiger partial charge >= 0.3 is 0 Å². The summed E-state index contributed by atoms with van der Waals surface area (Å²) in [6.45, 7) is 3.91. The van der Waals surface area contributed by atoms with Crippen LogP contribution in [-0.4, -0.2) is 16.5 Å². The average Bonchev–Trinajstić information content (AvgIpc) is 1.75. The van der Waals surface area contributed by atoms with E-state index >= 15 is 0 Å². The van der Waals surface area contributed by atoms with Gasteiger partial charge in [0.1, 0.15) is 0 Å². The summed E-state index contributed by atoms with van der Waals surface area (Å²) < 4.78 is 0. The summed E-state index contributed by atoms with van der Waals surface area (Å²) in [4.78, 5) is 9.19. The van der Waals surface area contributed by atoms with Gasteiger partial charge in [-0.25, -0.2) is 0 Å². The zero-order valence-corrected chi connectivity index (χ0v) is 7.06. The molecule has 0 saturated carbocycles. The van der Waals surface area contributed by atoms with E-state index < -0.39 is 0 Å². The third-order valence-electron chi connectivity index (χ3n) is 0.235. The third-order valence-corrected chi connectivity index (χ3v) is 0.235. The lowest BCUT2D eigenvalue weighted by Crippen LogP contribution is -1.50. The largest absolute Gasteiger partial charge is 0.286 e. The highest BCUT2D eigenvalue weighted by atomic mass is 28.1. The molecule has 0 rings (SSSR count). The van der Waals surface area contributed by atoms with Gasteiger partial charge in [-0.3, -0.25) is 4.79 Å². The van der Waals surface area contributed by atoms with Crippen molar-refractivity contribution in [3.05, 3.63) is 12.2 Å². The molecule has 0 fully saturated rings. The molecular weight excluding hydrogens is 104 g/mol. The summed E-state index contributed by atoms with van der Waals surface area (Å²) in [5, 5.41) is 0. The molecule has 0 aliphatic carbocycles. The van der Waals surface area contributed by atoms with Gasteiger partial charge < -0.3 is 0 Å². The van der Waals surface area contributed by atoms with Gasteiger partial charge in [0.05, 0.1) is 0 Å². The van der Waals surface area contributed by atoms with Gasteiger partial charge in [-0.1, -0.05) is 12.6 Å². The molecule has 0 atom stereocenters. The molecule has 1 radical (unpaired) electrons. The van der Waals surface area contributed by atoms with Crippen LogP contribution in [0.2, 0.25) is 6.55 Å². The second-order valence-corrected chi connectivity index (χ2v) is 0.618. The molecule has 0 spiro atoms. The van der Waals surface area contributed by atoms with Gasteiger partial charge in [-0.05, 0) is 23.2 Å². The predicted octanol–water partition coefficient (Wildman–Crippen LogP) is 0.0721. The van der Waals surface area contributed by atoms with E-state index in [1.54, 1.807) is 19.3 Å². The first-order valence-electron chi connectivity index (χ1n) is 2.40. The Hall–Kier alpha value is -0.373. The second-order valence-electron chi connectivity index (χ2n) is 0.618. The second kappa shape index (κ2) is 17.5. The van der Waals surface area contributed by atoms with Crippen LogP contribution in [0.1, 0.15) is 6.92 Å². The Labute approximate surface area is 47.8 Å². The van der Waals surface area contributed by atoms with Crippen molar-refractivity contribution in [2.75, 3.05) is 0 Å². The van der Waals surface area contributed by atoms with Crippen LogP contribution >= 0.6 is 0 Å². The van der Waals surface area contributed by atoms with Gasteiger partial charge in [-0.2, -0.15) is 0 Å². The minimum Gasteiger partial charge on any atom is -0.286 e. The summed E-state index contributed by atoms with van der Waals surface area (Å²) >= 11 is 0. The van der Waals surface area contributed by atoms with Crippen molar-refractivity contribution in [1.29, 1.82) is 0 Å². The maximum Gasteiger partial charge on any atom is 0.225 e. The Morgan fingerprint density at radius 3 is 2.00 bits per heavy atom. The Balaban J connectivity index is 0. The third kappa shape index (κ3) is 28.0. The summed E-state index contributed by atoms with van der Waals surface area (Å²) in [5.41, 5.74) is 0. The molecule has 0 aliphatic rings. The lowest BCUT2D eigenvalue weighted by Gasteiger charge is -1.49. The highest BCUT2D eigenvalue weighted by molar-refractivity contribution is 6.05. The smallest absolute Gasteiger partial charge is 0.225 e. The number of rotatable bonds is 1. The highest BCUT2D eigenvalue weighted by Crippen LogP contribution is 1.55. The van der Waals surface area contributed by atoms with E-state index in [-0.39, 0.29) is 0 Å². The molecule has 0 aromatic rings. The maximum absolute atomic E-state index is 9.19. The van der Waals surface area contributed by atoms with E-state index in [1.165, 1.54) is 16.3 Å². The molecular formula is C5H11OSi. The Morgan fingerprint density at radius 2 is 2.00 bits per heavy atom. The highest BCUT2D eigenvalue weighted by Gasteiger charge is 1.51. The van der Waals surface area contributed by atoms with E-state index in [0.29, 0.717) is 0 Å². The van der Waals surface area contributed by atoms with Crippen LogP contribution in [0, 0.1) is 0 Å².